The van der Waals surface area contributed by atoms with E-state index in [0.29, 0.717) is 28.7 Å². The van der Waals surface area contributed by atoms with Gasteiger partial charge in [0.2, 0.25) is 0 Å². The van der Waals surface area contributed by atoms with E-state index in [1.165, 1.54) is 13.2 Å². The summed E-state index contributed by atoms with van der Waals surface area (Å²) in [6.45, 7) is 0. The van der Waals surface area contributed by atoms with Crippen molar-refractivity contribution in [3.63, 3.8) is 0 Å². The van der Waals surface area contributed by atoms with Crippen LogP contribution in [0.5, 0.6) is 0 Å². The second-order valence-corrected chi connectivity index (χ2v) is 9.23. The molecule has 5 heterocycles. The van der Waals surface area contributed by atoms with E-state index < -0.39 is 21.7 Å². The number of carbonyl (C=O) groups is 2. The number of amides is 2. The van der Waals surface area contributed by atoms with E-state index in [-0.39, 0.29) is 28.7 Å². The normalized spacial score (nSPS) is 20.9. The minimum absolute atomic E-state index is 0.0227. The molecule has 142 valence electrons. The molecule has 3 aromatic rings. The molecule has 10 heteroatoms. The fourth-order valence-corrected chi connectivity index (χ4v) is 5.56. The second kappa shape index (κ2) is 5.68. The van der Waals surface area contributed by atoms with E-state index in [1.807, 2.05) is 0 Å². The topological polar surface area (TPSA) is 115 Å². The molecule has 0 aromatic carbocycles. The zero-order chi connectivity index (χ0) is 19.6. The van der Waals surface area contributed by atoms with Crippen molar-refractivity contribution in [3.8, 4) is 11.3 Å². The summed E-state index contributed by atoms with van der Waals surface area (Å²) in [4.78, 5) is 34.6. The molecule has 2 aliphatic heterocycles. The SMILES string of the molecule is CN1C(=O)c2cnc3c(c(-c4ccncc4)nn3C3CCS(=O)(=O)C3)c2C1=O. The zero-order valence-electron chi connectivity index (χ0n) is 14.9. The predicted molar refractivity (Wildman–Crippen MR) is 99.5 cm³/mol. The van der Waals surface area contributed by atoms with Crippen LogP contribution in [-0.2, 0) is 9.84 Å². The van der Waals surface area contributed by atoms with E-state index in [0.717, 1.165) is 4.90 Å². The molecule has 1 fully saturated rings. The van der Waals surface area contributed by atoms with Crippen LogP contribution in [0.2, 0.25) is 0 Å². The van der Waals surface area contributed by atoms with E-state index in [4.69, 9.17) is 0 Å². The van der Waals surface area contributed by atoms with Crippen LogP contribution < -0.4 is 0 Å². The van der Waals surface area contributed by atoms with Gasteiger partial charge < -0.3 is 0 Å². The Bertz CT molecular complexity index is 1270. The summed E-state index contributed by atoms with van der Waals surface area (Å²) in [5, 5.41) is 5.12. The van der Waals surface area contributed by atoms with E-state index in [9.17, 15) is 18.0 Å². The Morgan fingerprint density at radius 1 is 1.14 bits per heavy atom. The number of hydrogen-bond acceptors (Lipinski definition) is 7. The lowest BCUT2D eigenvalue weighted by Gasteiger charge is -2.09. The summed E-state index contributed by atoms with van der Waals surface area (Å²) in [5.41, 5.74) is 2.10. The Morgan fingerprint density at radius 3 is 2.57 bits per heavy atom. The molecule has 1 unspecified atom stereocenters. The minimum atomic E-state index is -3.14. The molecule has 0 N–H and O–H groups in total. The maximum absolute atomic E-state index is 12.8. The van der Waals surface area contributed by atoms with Gasteiger partial charge in [-0.2, -0.15) is 5.10 Å². The van der Waals surface area contributed by atoms with Gasteiger partial charge in [0.1, 0.15) is 5.69 Å². The van der Waals surface area contributed by atoms with Crippen molar-refractivity contribution in [2.24, 2.45) is 0 Å². The van der Waals surface area contributed by atoms with Gasteiger partial charge in [0.15, 0.2) is 15.5 Å². The zero-order valence-corrected chi connectivity index (χ0v) is 15.7. The van der Waals surface area contributed by atoms with Crippen molar-refractivity contribution >= 4 is 32.7 Å². The molecular formula is C18H15N5O4S. The highest BCUT2D eigenvalue weighted by Crippen LogP contribution is 2.37. The minimum Gasteiger partial charge on any atom is -0.277 e. The number of fused-ring (bicyclic) bond motifs is 3. The Kier molecular flexibility index (Phi) is 3.45. The van der Waals surface area contributed by atoms with Crippen molar-refractivity contribution in [1.82, 2.24) is 24.6 Å². The largest absolute Gasteiger partial charge is 0.277 e. The van der Waals surface area contributed by atoms with Gasteiger partial charge in [-0.15, -0.1) is 0 Å². The van der Waals surface area contributed by atoms with Crippen LogP contribution >= 0.6 is 0 Å². The molecular weight excluding hydrogens is 382 g/mol. The number of rotatable bonds is 2. The monoisotopic (exact) mass is 397 g/mol. The Balaban J connectivity index is 1.83. The third kappa shape index (κ3) is 2.30. The number of sulfone groups is 1. The van der Waals surface area contributed by atoms with Crippen LogP contribution in [0.15, 0.2) is 30.7 Å². The number of aromatic nitrogens is 4. The standard InChI is InChI=1S/C18H15N5O4S/c1-22-17(24)12-8-20-16-14(13(12)18(22)25)15(10-2-5-19-6-3-10)21-23(16)11-4-7-28(26,27)9-11/h2-3,5-6,8,11H,4,7,9H2,1H3. The van der Waals surface area contributed by atoms with Gasteiger partial charge in [-0.3, -0.25) is 19.5 Å². The Morgan fingerprint density at radius 2 is 1.89 bits per heavy atom. The average molecular weight is 397 g/mol. The molecule has 0 saturated carbocycles. The van der Waals surface area contributed by atoms with Crippen molar-refractivity contribution in [3.05, 3.63) is 41.9 Å². The van der Waals surface area contributed by atoms with Gasteiger partial charge >= 0.3 is 0 Å². The fraction of sp³-hybridized carbons (Fsp3) is 0.278. The fourth-order valence-electron chi connectivity index (χ4n) is 3.86. The number of hydrogen-bond donors (Lipinski definition) is 0. The molecule has 0 radical (unpaired) electrons. The van der Waals surface area contributed by atoms with Crippen molar-refractivity contribution in [1.29, 1.82) is 0 Å². The number of pyridine rings is 2. The molecule has 2 amide bonds. The van der Waals surface area contributed by atoms with E-state index in [2.05, 4.69) is 15.1 Å². The van der Waals surface area contributed by atoms with Crippen LogP contribution in [0.4, 0.5) is 0 Å². The maximum Gasteiger partial charge on any atom is 0.262 e. The molecule has 0 spiro atoms. The third-order valence-electron chi connectivity index (χ3n) is 5.28. The molecule has 28 heavy (non-hydrogen) atoms. The Labute approximate surface area is 159 Å². The van der Waals surface area contributed by atoms with Gasteiger partial charge in [0.25, 0.3) is 11.8 Å². The summed E-state index contributed by atoms with van der Waals surface area (Å²) in [6.07, 6.45) is 5.02. The lowest BCUT2D eigenvalue weighted by atomic mass is 10.0. The van der Waals surface area contributed by atoms with Crippen LogP contribution in [-0.4, -0.2) is 63.4 Å². The van der Waals surface area contributed by atoms with Gasteiger partial charge in [-0.1, -0.05) is 0 Å². The third-order valence-corrected chi connectivity index (χ3v) is 7.03. The van der Waals surface area contributed by atoms with Crippen LogP contribution in [0, 0.1) is 0 Å². The summed E-state index contributed by atoms with van der Waals surface area (Å²) < 4.78 is 25.5. The van der Waals surface area contributed by atoms with E-state index in [1.54, 1.807) is 29.2 Å². The smallest absolute Gasteiger partial charge is 0.262 e. The van der Waals surface area contributed by atoms with Gasteiger partial charge in [-0.05, 0) is 18.6 Å². The molecule has 1 saturated heterocycles. The summed E-state index contributed by atoms with van der Waals surface area (Å²) >= 11 is 0. The average Bonchev–Trinajstić information content (AvgIpc) is 3.31. The summed E-state index contributed by atoms with van der Waals surface area (Å²) in [5.74, 6) is -0.757. The maximum atomic E-state index is 12.8. The number of imide groups is 1. The van der Waals surface area contributed by atoms with Crippen molar-refractivity contribution in [2.45, 2.75) is 12.5 Å². The van der Waals surface area contributed by atoms with Crippen molar-refractivity contribution in [2.75, 3.05) is 18.6 Å². The molecule has 2 aliphatic rings. The summed E-state index contributed by atoms with van der Waals surface area (Å²) in [7, 11) is -1.71. The van der Waals surface area contributed by atoms with Gasteiger partial charge in [-0.25, -0.2) is 18.1 Å². The van der Waals surface area contributed by atoms with Gasteiger partial charge in [0, 0.05) is 31.2 Å². The molecule has 9 nitrogen and oxygen atoms in total. The highest BCUT2D eigenvalue weighted by molar-refractivity contribution is 7.91. The first-order valence-corrected chi connectivity index (χ1v) is 10.5. The predicted octanol–water partition coefficient (Wildman–Crippen LogP) is 1.08. The molecule has 3 aromatic heterocycles. The quantitative estimate of drug-likeness (QED) is 0.594. The molecule has 1 atom stereocenters. The second-order valence-electron chi connectivity index (χ2n) is 7.00. The number of nitrogens with zero attached hydrogens (tertiary/aromatic N) is 5. The van der Waals surface area contributed by atoms with Gasteiger partial charge in [0.05, 0.1) is 34.1 Å². The lowest BCUT2D eigenvalue weighted by Crippen LogP contribution is -2.24. The first-order valence-electron chi connectivity index (χ1n) is 8.72. The highest BCUT2D eigenvalue weighted by Gasteiger charge is 2.39. The Hall–Kier alpha value is -3.14. The van der Waals surface area contributed by atoms with Crippen LogP contribution in [0.25, 0.3) is 22.3 Å². The highest BCUT2D eigenvalue weighted by atomic mass is 32.2. The molecule has 5 rings (SSSR count). The molecule has 0 bridgehead atoms. The van der Waals surface area contributed by atoms with Crippen LogP contribution in [0.1, 0.15) is 33.2 Å². The molecule has 0 aliphatic carbocycles. The van der Waals surface area contributed by atoms with E-state index >= 15 is 0 Å². The summed E-state index contributed by atoms with van der Waals surface area (Å²) in [6, 6.07) is 3.14. The van der Waals surface area contributed by atoms with Crippen molar-refractivity contribution < 1.29 is 18.0 Å². The lowest BCUT2D eigenvalue weighted by molar-refractivity contribution is 0.0693. The number of carbonyl (C=O) groups excluding carboxylic acids is 2. The van der Waals surface area contributed by atoms with Crippen LogP contribution in [0.3, 0.4) is 0 Å². The first-order chi connectivity index (χ1) is 13.4. The first kappa shape index (κ1) is 17.0.